The number of amides is 2. The van der Waals surface area contributed by atoms with E-state index in [0.29, 0.717) is 36.4 Å². The summed E-state index contributed by atoms with van der Waals surface area (Å²) in [6, 6.07) is 10.5. The zero-order valence-electron chi connectivity index (χ0n) is 24.5. The van der Waals surface area contributed by atoms with E-state index in [1.807, 2.05) is 6.08 Å². The van der Waals surface area contributed by atoms with E-state index in [1.165, 1.54) is 11.0 Å². The lowest BCUT2D eigenvalue weighted by molar-refractivity contribution is -0.138. The summed E-state index contributed by atoms with van der Waals surface area (Å²) in [6.07, 6.45) is 0.706. The van der Waals surface area contributed by atoms with Crippen molar-refractivity contribution in [2.24, 2.45) is 5.92 Å². The molecule has 1 heterocycles. The van der Waals surface area contributed by atoms with Crippen molar-refractivity contribution in [1.29, 1.82) is 0 Å². The number of nitrogens with zero attached hydrogens (tertiary/aromatic N) is 2. The minimum absolute atomic E-state index is 0.00976. The number of anilines is 1. The molecule has 2 unspecified atom stereocenters. The highest BCUT2D eigenvalue weighted by Gasteiger charge is 2.34. The number of carbonyl (C=O) groups is 3. The molecule has 0 saturated heterocycles. The molecular weight excluding hydrogens is 565 g/mol. The standard InChI is InChI=1S/C32H37F3N2O6/c1-31(2,3)43-30(41)36(16-15-28(39)40)20-27(38)37-17-14-22-19-25(12-13-26(22)37)42-29(21-8-5-4-6-9-21)23-10-7-11-24(18-23)32(33,34)35/h4-5,7,10-13,18-19,21,29H,6,8-9,14-17,20H2,1-3H3,(H,39,40). The quantitative estimate of drug-likeness (QED) is 0.318. The number of hydrogen-bond donors (Lipinski definition) is 1. The van der Waals surface area contributed by atoms with Crippen LogP contribution >= 0.6 is 0 Å². The number of halogens is 3. The molecule has 2 amide bonds. The van der Waals surface area contributed by atoms with Gasteiger partial charge in [0.2, 0.25) is 5.91 Å². The number of fused-ring (bicyclic) bond motifs is 1. The molecule has 232 valence electrons. The molecule has 2 aromatic rings. The predicted octanol–water partition coefficient (Wildman–Crippen LogP) is 6.78. The van der Waals surface area contributed by atoms with Gasteiger partial charge in [0, 0.05) is 24.7 Å². The summed E-state index contributed by atoms with van der Waals surface area (Å²) in [5, 5.41) is 9.11. The lowest BCUT2D eigenvalue weighted by Gasteiger charge is -2.30. The van der Waals surface area contributed by atoms with Crippen molar-refractivity contribution in [3.05, 3.63) is 71.3 Å². The van der Waals surface area contributed by atoms with Gasteiger partial charge in [0.1, 0.15) is 24.0 Å². The van der Waals surface area contributed by atoms with E-state index in [0.717, 1.165) is 35.4 Å². The number of allylic oxidation sites excluding steroid dienone is 2. The second kappa shape index (κ2) is 13.1. The molecule has 11 heteroatoms. The van der Waals surface area contributed by atoms with Crippen molar-refractivity contribution in [2.45, 2.75) is 70.8 Å². The Hall–Kier alpha value is -4.02. The maximum absolute atomic E-state index is 13.5. The van der Waals surface area contributed by atoms with E-state index in [-0.39, 0.29) is 31.3 Å². The number of carbonyl (C=O) groups excluding carboxylic acids is 2. The van der Waals surface area contributed by atoms with Crippen LogP contribution in [0.2, 0.25) is 0 Å². The van der Waals surface area contributed by atoms with Crippen molar-refractivity contribution in [2.75, 3.05) is 24.5 Å². The Morgan fingerprint density at radius 2 is 1.86 bits per heavy atom. The van der Waals surface area contributed by atoms with Gasteiger partial charge in [-0.05, 0) is 87.9 Å². The van der Waals surface area contributed by atoms with Gasteiger partial charge in [-0.1, -0.05) is 24.3 Å². The Labute approximate surface area is 249 Å². The molecule has 0 bridgehead atoms. The molecule has 0 spiro atoms. The molecule has 1 aliphatic heterocycles. The zero-order chi connectivity index (χ0) is 31.4. The first-order chi connectivity index (χ1) is 20.2. The van der Waals surface area contributed by atoms with Gasteiger partial charge in [0.25, 0.3) is 0 Å². The Bertz CT molecular complexity index is 1370. The zero-order valence-corrected chi connectivity index (χ0v) is 24.5. The number of carboxylic acid groups (broad SMARTS) is 1. The third-order valence-corrected chi connectivity index (χ3v) is 7.36. The third kappa shape index (κ3) is 8.52. The number of aliphatic carboxylic acids is 1. The molecule has 0 fully saturated rings. The van der Waals surface area contributed by atoms with E-state index in [2.05, 4.69) is 6.08 Å². The van der Waals surface area contributed by atoms with E-state index in [1.54, 1.807) is 45.0 Å². The largest absolute Gasteiger partial charge is 0.485 e. The Morgan fingerprint density at radius 1 is 1.09 bits per heavy atom. The third-order valence-electron chi connectivity index (χ3n) is 7.36. The van der Waals surface area contributed by atoms with Crippen LogP contribution < -0.4 is 9.64 Å². The van der Waals surface area contributed by atoms with Crippen molar-refractivity contribution < 1.29 is 42.1 Å². The highest BCUT2D eigenvalue weighted by molar-refractivity contribution is 5.98. The topological polar surface area (TPSA) is 96.4 Å². The van der Waals surface area contributed by atoms with Crippen LogP contribution in [0.1, 0.15) is 69.2 Å². The molecule has 2 aliphatic rings. The van der Waals surface area contributed by atoms with Crippen molar-refractivity contribution in [3.8, 4) is 5.75 Å². The smallest absolute Gasteiger partial charge is 0.416 e. The Morgan fingerprint density at radius 3 is 2.51 bits per heavy atom. The fraction of sp³-hybridized carbons (Fsp3) is 0.469. The molecule has 1 aliphatic carbocycles. The summed E-state index contributed by atoms with van der Waals surface area (Å²) in [4.78, 5) is 39.8. The van der Waals surface area contributed by atoms with E-state index in [9.17, 15) is 27.6 Å². The molecule has 0 saturated carbocycles. The van der Waals surface area contributed by atoms with Crippen LogP contribution in [0.25, 0.3) is 0 Å². The number of ether oxygens (including phenoxy) is 2. The lowest BCUT2D eigenvalue weighted by Crippen LogP contribution is -2.45. The second-order valence-electron chi connectivity index (χ2n) is 11.8. The van der Waals surface area contributed by atoms with Gasteiger partial charge in [0.15, 0.2) is 0 Å². The predicted molar refractivity (Wildman–Crippen MR) is 154 cm³/mol. The van der Waals surface area contributed by atoms with Crippen LogP contribution in [0.15, 0.2) is 54.6 Å². The van der Waals surface area contributed by atoms with Gasteiger partial charge in [-0.15, -0.1) is 0 Å². The van der Waals surface area contributed by atoms with Gasteiger partial charge in [0.05, 0.1) is 12.0 Å². The summed E-state index contributed by atoms with van der Waals surface area (Å²) < 4.78 is 52.2. The molecule has 2 aromatic carbocycles. The van der Waals surface area contributed by atoms with Gasteiger partial charge in [-0.2, -0.15) is 13.2 Å². The van der Waals surface area contributed by atoms with Gasteiger partial charge in [-0.25, -0.2) is 4.79 Å². The average molecular weight is 603 g/mol. The molecule has 1 N–H and O–H groups in total. The van der Waals surface area contributed by atoms with Gasteiger partial charge >= 0.3 is 18.2 Å². The Balaban J connectivity index is 1.53. The minimum Gasteiger partial charge on any atom is -0.485 e. The number of carboxylic acids is 1. The van der Waals surface area contributed by atoms with Crippen LogP contribution in [0, 0.1) is 5.92 Å². The van der Waals surface area contributed by atoms with E-state index in [4.69, 9.17) is 14.6 Å². The number of alkyl halides is 3. The lowest BCUT2D eigenvalue weighted by atomic mass is 9.85. The van der Waals surface area contributed by atoms with Crippen molar-refractivity contribution >= 4 is 23.7 Å². The molecule has 4 rings (SSSR count). The summed E-state index contributed by atoms with van der Waals surface area (Å²) >= 11 is 0. The first-order valence-corrected chi connectivity index (χ1v) is 14.3. The fourth-order valence-corrected chi connectivity index (χ4v) is 5.32. The summed E-state index contributed by atoms with van der Waals surface area (Å²) in [7, 11) is 0. The summed E-state index contributed by atoms with van der Waals surface area (Å²) in [6.45, 7) is 4.86. The second-order valence-corrected chi connectivity index (χ2v) is 11.8. The van der Waals surface area contributed by atoms with E-state index >= 15 is 0 Å². The van der Waals surface area contributed by atoms with Crippen LogP contribution in [-0.4, -0.2) is 53.2 Å². The molecule has 8 nitrogen and oxygen atoms in total. The van der Waals surface area contributed by atoms with Crippen molar-refractivity contribution in [3.63, 3.8) is 0 Å². The molecule has 0 aromatic heterocycles. The van der Waals surface area contributed by atoms with Crippen molar-refractivity contribution in [1.82, 2.24) is 4.90 Å². The normalized spacial score (nSPS) is 17.3. The molecule has 2 atom stereocenters. The number of rotatable bonds is 9. The summed E-state index contributed by atoms with van der Waals surface area (Å²) in [5.41, 5.74) is 0.369. The minimum atomic E-state index is -4.47. The maximum atomic E-state index is 13.5. The van der Waals surface area contributed by atoms with Crippen LogP contribution in [0.4, 0.5) is 23.7 Å². The number of benzene rings is 2. The van der Waals surface area contributed by atoms with Crippen LogP contribution in [0.3, 0.4) is 0 Å². The highest BCUT2D eigenvalue weighted by atomic mass is 19.4. The maximum Gasteiger partial charge on any atom is 0.416 e. The monoisotopic (exact) mass is 602 g/mol. The average Bonchev–Trinajstić information content (AvgIpc) is 3.36. The van der Waals surface area contributed by atoms with Gasteiger partial charge in [-0.3, -0.25) is 14.5 Å². The van der Waals surface area contributed by atoms with Crippen LogP contribution in [0.5, 0.6) is 5.75 Å². The van der Waals surface area contributed by atoms with E-state index < -0.39 is 35.5 Å². The molecular formula is C32H37F3N2O6. The van der Waals surface area contributed by atoms with Gasteiger partial charge < -0.3 is 19.5 Å². The first kappa shape index (κ1) is 31.9. The van der Waals surface area contributed by atoms with Crippen LogP contribution in [-0.2, 0) is 26.9 Å². The first-order valence-electron chi connectivity index (χ1n) is 14.3. The molecule has 0 radical (unpaired) electrons. The fourth-order valence-electron chi connectivity index (χ4n) is 5.32. The SMILES string of the molecule is CC(C)(C)OC(=O)N(CCC(=O)O)CC(=O)N1CCc2cc(OC(c3cccc(C(F)(F)F)c3)C3CC=CCC3)ccc21. The summed E-state index contributed by atoms with van der Waals surface area (Å²) in [5.74, 6) is -1.02. The Kier molecular flexibility index (Phi) is 9.72. The molecule has 43 heavy (non-hydrogen) atoms. The highest BCUT2D eigenvalue weighted by Crippen LogP contribution is 2.40. The number of hydrogen-bond acceptors (Lipinski definition) is 5.